The van der Waals surface area contributed by atoms with Gasteiger partial charge in [-0.25, -0.2) is 9.59 Å². The van der Waals surface area contributed by atoms with Crippen LogP contribution in [0.5, 0.6) is 11.5 Å². The van der Waals surface area contributed by atoms with E-state index in [0.717, 1.165) is 67.6 Å². The molecular weight excluding hydrogens is 955 g/mol. The zero-order chi connectivity index (χ0) is 51.4. The molecule has 3 fully saturated rings. The molecule has 1 unspecified atom stereocenters. The van der Waals surface area contributed by atoms with E-state index in [9.17, 15) is 29.4 Å². The minimum absolute atomic E-state index is 0.0756. The highest BCUT2D eigenvalue weighted by Crippen LogP contribution is 2.67. The van der Waals surface area contributed by atoms with Gasteiger partial charge in [0.2, 0.25) is 11.6 Å². The summed E-state index contributed by atoms with van der Waals surface area (Å²) in [6.07, 6.45) is 16.7. The fourth-order valence-electron chi connectivity index (χ4n) is 13.3. The summed E-state index contributed by atoms with van der Waals surface area (Å²) in [6.45, 7) is 14.6. The summed E-state index contributed by atoms with van der Waals surface area (Å²) >= 11 is 0. The quantitative estimate of drug-likeness (QED) is 0.0146. The third kappa shape index (κ3) is 13.0. The van der Waals surface area contributed by atoms with Crippen molar-refractivity contribution >= 4 is 56.8 Å². The number of unbranched alkanes of at least 4 members (excludes halogenated alkanes) is 2. The molecule has 3 saturated carbocycles. The molecule has 0 bridgehead atoms. The Morgan fingerprint density at radius 3 is 2.03 bits per heavy atom. The van der Waals surface area contributed by atoms with Crippen LogP contribution in [-0.4, -0.2) is 109 Å². The topological polar surface area (TPSA) is 202 Å². The minimum atomic E-state index is -0.772. The number of nitrogens with one attached hydrogen (secondary N) is 3. The summed E-state index contributed by atoms with van der Waals surface area (Å²) in [4.78, 5) is 52.4. The lowest BCUT2D eigenvalue weighted by molar-refractivity contribution is -0.0614. The Balaban J connectivity index is 0.732. The molecule has 0 amide bonds. The summed E-state index contributed by atoms with van der Waals surface area (Å²) in [5.41, 5.74) is 2.74. The highest BCUT2D eigenvalue weighted by molar-refractivity contribution is 8.76. The lowest BCUT2D eigenvalue weighted by Gasteiger charge is -2.58. The predicted octanol–water partition coefficient (Wildman–Crippen LogP) is 11.5. The highest BCUT2D eigenvalue weighted by Gasteiger charge is 2.59. The van der Waals surface area contributed by atoms with E-state index in [0.29, 0.717) is 60.9 Å². The minimum Gasteiger partial charge on any atom is -0.507 e. The van der Waals surface area contributed by atoms with Crippen molar-refractivity contribution in [1.82, 2.24) is 5.32 Å². The number of anilines is 2. The van der Waals surface area contributed by atoms with Gasteiger partial charge in [0.05, 0.1) is 22.3 Å². The van der Waals surface area contributed by atoms with Crippen LogP contribution in [0.4, 0.5) is 21.0 Å². The van der Waals surface area contributed by atoms with Crippen LogP contribution in [-0.2, 0) is 18.9 Å². The van der Waals surface area contributed by atoms with Gasteiger partial charge in [-0.15, -0.1) is 0 Å². The summed E-state index contributed by atoms with van der Waals surface area (Å²) in [7, 11) is 3.04. The van der Waals surface area contributed by atoms with Gasteiger partial charge in [0, 0.05) is 62.1 Å². The number of aliphatic hydroxyl groups is 1. The standard InChI is InChI=1S/C56H81N3O11S2/c1-35(2)10-9-11-36(3)40-14-15-41-39-13-12-37-34-38(20-22-55(37,4)42(39)21-23-56(40,41)5)70-54(66)69-31-33-72-71-32-30-68-53(65)67-29-27-57-25-26-59-44-17-16-43(58-24-7-6-8-28-60)47-48(44)52(64)50-46(62)19-18-45(61)49(50)51(47)63/h12,16-19,35-36,38-42,57-62H,6-11,13-15,20-34H2,1-5H3/t36-,38+,39+,40?,41+,42+,55+,56-/m1/s1. The first kappa shape index (κ1) is 55.6. The summed E-state index contributed by atoms with van der Waals surface area (Å²) in [5.74, 6) is 3.96. The molecule has 0 heterocycles. The van der Waals surface area contributed by atoms with Gasteiger partial charge in [-0.05, 0) is 135 Å². The number of hydrogen-bond acceptors (Lipinski definition) is 16. The summed E-state index contributed by atoms with van der Waals surface area (Å²) in [6, 6.07) is 5.78. The van der Waals surface area contributed by atoms with E-state index in [1.807, 2.05) is 0 Å². The third-order valence-electron chi connectivity index (χ3n) is 16.9. The SMILES string of the molecule is CC(C)CCC[C@@H](C)C1CC[C@H]2[C@@H]3CC=C4C[C@@H](OC(=O)OCCSSCCOC(=O)OCCNCCNc5ccc(NCCCCCO)c6c5C(=O)c5c(O)ccc(O)c5C6=O)CC[C@]4(C)[C@H]3CC[C@]12C. The Bertz CT molecular complexity index is 2240. The maximum atomic E-state index is 13.8. The van der Waals surface area contributed by atoms with Crippen LogP contribution in [0.1, 0.15) is 156 Å². The number of aliphatic hydroxyl groups excluding tert-OH is 1. The molecule has 0 aliphatic heterocycles. The third-order valence-corrected chi connectivity index (χ3v) is 19.3. The number of allylic oxidation sites excluding steroid dienone is 1. The van der Waals surface area contributed by atoms with Gasteiger partial charge < -0.3 is 50.2 Å². The van der Waals surface area contributed by atoms with E-state index in [-0.39, 0.29) is 65.9 Å². The number of fused-ring (bicyclic) bond motifs is 7. The van der Waals surface area contributed by atoms with E-state index in [2.05, 4.69) is 56.6 Å². The van der Waals surface area contributed by atoms with Crippen molar-refractivity contribution in [2.75, 3.05) is 74.7 Å². The van der Waals surface area contributed by atoms with E-state index < -0.39 is 29.6 Å². The number of aromatic hydroxyl groups is 2. The molecule has 72 heavy (non-hydrogen) atoms. The average Bonchev–Trinajstić information content (AvgIpc) is 3.71. The first-order valence-electron chi connectivity index (χ1n) is 26.8. The normalized spacial score (nSPS) is 25.5. The average molecular weight is 1040 g/mol. The highest BCUT2D eigenvalue weighted by atomic mass is 33.1. The largest absolute Gasteiger partial charge is 0.508 e. The molecule has 2 aromatic rings. The summed E-state index contributed by atoms with van der Waals surface area (Å²) < 4.78 is 21.7. The number of rotatable bonds is 26. The fraction of sp³-hybridized carbons (Fsp3) is 0.679. The van der Waals surface area contributed by atoms with Crippen molar-refractivity contribution in [3.63, 3.8) is 0 Å². The van der Waals surface area contributed by atoms with Crippen molar-refractivity contribution in [3.8, 4) is 11.5 Å². The van der Waals surface area contributed by atoms with Crippen LogP contribution in [0.25, 0.3) is 0 Å². The molecule has 5 aliphatic rings. The van der Waals surface area contributed by atoms with Crippen LogP contribution in [0.15, 0.2) is 35.9 Å². The maximum Gasteiger partial charge on any atom is 0.508 e. The van der Waals surface area contributed by atoms with Crippen LogP contribution >= 0.6 is 21.6 Å². The Morgan fingerprint density at radius 1 is 0.708 bits per heavy atom. The molecule has 8 atom stereocenters. The van der Waals surface area contributed by atoms with Crippen molar-refractivity contribution in [2.45, 2.75) is 131 Å². The predicted molar refractivity (Wildman–Crippen MR) is 285 cm³/mol. The molecule has 398 valence electrons. The maximum absolute atomic E-state index is 13.8. The van der Waals surface area contributed by atoms with Crippen molar-refractivity contribution < 1.29 is 53.4 Å². The van der Waals surface area contributed by atoms with E-state index >= 15 is 0 Å². The van der Waals surface area contributed by atoms with Crippen molar-refractivity contribution in [1.29, 1.82) is 0 Å². The molecule has 7 rings (SSSR count). The van der Waals surface area contributed by atoms with Gasteiger partial charge in [-0.2, -0.15) is 0 Å². The Hall–Kier alpha value is -4.12. The van der Waals surface area contributed by atoms with Gasteiger partial charge in [0.15, 0.2) is 0 Å². The Kier molecular flexibility index (Phi) is 20.0. The Morgan fingerprint density at radius 2 is 1.36 bits per heavy atom. The molecular formula is C56H81N3O11S2. The lowest BCUT2D eigenvalue weighted by Crippen LogP contribution is -2.51. The summed E-state index contributed by atoms with van der Waals surface area (Å²) in [5, 5.41) is 39.7. The molecule has 14 nitrogen and oxygen atoms in total. The second kappa shape index (κ2) is 25.9. The number of carbonyl (C=O) groups is 4. The lowest BCUT2D eigenvalue weighted by atomic mass is 9.47. The van der Waals surface area contributed by atoms with Crippen molar-refractivity contribution in [2.24, 2.45) is 46.3 Å². The van der Waals surface area contributed by atoms with Crippen LogP contribution in [0, 0.1) is 46.3 Å². The molecule has 0 aromatic heterocycles. The first-order valence-corrected chi connectivity index (χ1v) is 29.3. The van der Waals surface area contributed by atoms with Gasteiger partial charge in [-0.3, -0.25) is 9.59 Å². The molecule has 0 radical (unpaired) electrons. The van der Waals surface area contributed by atoms with Gasteiger partial charge in [0.25, 0.3) is 0 Å². The zero-order valence-electron chi connectivity index (χ0n) is 43.3. The van der Waals surface area contributed by atoms with Gasteiger partial charge >= 0.3 is 12.3 Å². The number of ketones is 2. The number of phenolic OH excluding ortho intramolecular Hbond substituents is 2. The van der Waals surface area contributed by atoms with Gasteiger partial charge in [0.1, 0.15) is 37.4 Å². The number of hydrogen-bond donors (Lipinski definition) is 6. The number of ether oxygens (including phenoxy) is 4. The molecule has 5 aliphatic carbocycles. The van der Waals surface area contributed by atoms with Crippen LogP contribution in [0.2, 0.25) is 0 Å². The molecule has 2 aromatic carbocycles. The van der Waals surface area contributed by atoms with E-state index in [1.165, 1.54) is 90.7 Å². The second-order valence-corrected chi connectivity index (χ2v) is 24.5. The van der Waals surface area contributed by atoms with Crippen LogP contribution < -0.4 is 16.0 Å². The first-order chi connectivity index (χ1) is 34.7. The molecule has 6 N–H and O–H groups in total. The monoisotopic (exact) mass is 1040 g/mol. The molecule has 0 spiro atoms. The second-order valence-electron chi connectivity index (χ2n) is 21.8. The van der Waals surface area contributed by atoms with Crippen LogP contribution in [0.3, 0.4) is 0 Å². The van der Waals surface area contributed by atoms with Crippen molar-refractivity contribution in [3.05, 3.63) is 58.2 Å². The smallest absolute Gasteiger partial charge is 0.507 e. The number of benzene rings is 2. The fourth-order valence-corrected chi connectivity index (χ4v) is 15.0. The Labute approximate surface area is 435 Å². The van der Waals surface area contributed by atoms with E-state index in [1.54, 1.807) is 12.1 Å². The number of phenols is 2. The number of carbonyl (C=O) groups excluding carboxylic acids is 4. The zero-order valence-corrected chi connectivity index (χ0v) is 45.0. The van der Waals surface area contributed by atoms with E-state index in [4.69, 9.17) is 24.1 Å². The van der Waals surface area contributed by atoms with Gasteiger partial charge in [-0.1, -0.05) is 87.1 Å². The molecule has 0 saturated heterocycles. The molecule has 16 heteroatoms.